The molecule has 0 bridgehead atoms. The van der Waals surface area contributed by atoms with Gasteiger partial charge in [-0.1, -0.05) is 43.3 Å². The first-order valence-corrected chi connectivity index (χ1v) is 23.9. The molecule has 4 N–H and O–H groups in total. The second-order valence-corrected chi connectivity index (χ2v) is 19.5. The number of para-hydroxylation sites is 1. The summed E-state index contributed by atoms with van der Waals surface area (Å²) in [6.45, 7) is 14.3. The van der Waals surface area contributed by atoms with Crippen LogP contribution in [0.4, 0.5) is 11.5 Å². The summed E-state index contributed by atoms with van der Waals surface area (Å²) in [7, 11) is 0. The molecule has 2 amide bonds. The molecular formula is C48H58N10O6S. The normalized spacial score (nSPS) is 25.9. The number of aryl methyl sites for hydroxylation is 1. The highest BCUT2D eigenvalue weighted by Gasteiger charge is 2.54. The standard InChI is InChI=1S/C48H58N10O6S/c1-27-19-37-41(60)21-39(47(61)51-29(3)31-9-11-32(12-10-31)45-30(4)50-26-65-45)58(37)48(62)44(27)42-22-43(54-64-42)63-28(2)24-55-15-13-33(14-16-55)56-17-18-57-34(25-56)23-49-46-38(57)20-36(52-53-46)35-7-5-6-8-40(35)59/h5-12,20,22,26-29,33-34,37,39,41,44,59-60H,13-19,21,23-25H2,1-4H3,(H,49,53)(H,51,61)/t27?,28?,29-,34-,37?,39-,41+,44+/m0/s1. The number of aromatic nitrogens is 4. The highest BCUT2D eigenvalue weighted by Crippen LogP contribution is 2.44. The zero-order valence-corrected chi connectivity index (χ0v) is 38.2. The number of piperidine rings is 2. The van der Waals surface area contributed by atoms with E-state index in [-0.39, 0.29) is 42.0 Å². The van der Waals surface area contributed by atoms with E-state index in [0.29, 0.717) is 41.4 Å². The molecule has 16 nitrogen and oxygen atoms in total. The minimum Gasteiger partial charge on any atom is -0.507 e. The van der Waals surface area contributed by atoms with Crippen LogP contribution in [0, 0.1) is 12.8 Å². The number of nitrogens with one attached hydrogen (secondary N) is 2. The number of hydrogen-bond acceptors (Lipinski definition) is 15. The predicted octanol–water partition coefficient (Wildman–Crippen LogP) is 5.45. The fourth-order valence-electron chi connectivity index (χ4n) is 11.0. The zero-order chi connectivity index (χ0) is 44.9. The molecule has 342 valence electrons. The molecule has 17 heteroatoms. The Labute approximate surface area is 383 Å². The van der Waals surface area contributed by atoms with Gasteiger partial charge in [0.2, 0.25) is 11.8 Å². The van der Waals surface area contributed by atoms with Crippen molar-refractivity contribution in [2.24, 2.45) is 5.92 Å². The van der Waals surface area contributed by atoms with Crippen molar-refractivity contribution >= 4 is 34.7 Å². The molecule has 10 rings (SSSR count). The first-order chi connectivity index (χ1) is 31.5. The number of carbonyl (C=O) groups is 2. The van der Waals surface area contributed by atoms with E-state index in [0.717, 1.165) is 91.9 Å². The zero-order valence-electron chi connectivity index (χ0n) is 37.3. The summed E-state index contributed by atoms with van der Waals surface area (Å²) in [6, 6.07) is 18.4. The van der Waals surface area contributed by atoms with E-state index in [4.69, 9.17) is 9.26 Å². The van der Waals surface area contributed by atoms with Crippen molar-refractivity contribution in [3.8, 4) is 33.3 Å². The Bertz CT molecular complexity index is 2510. The van der Waals surface area contributed by atoms with Crippen LogP contribution in [0.2, 0.25) is 0 Å². The number of benzene rings is 2. The van der Waals surface area contributed by atoms with Gasteiger partial charge in [0, 0.05) is 56.8 Å². The molecule has 8 atom stereocenters. The number of rotatable bonds is 11. The van der Waals surface area contributed by atoms with Crippen molar-refractivity contribution in [1.29, 1.82) is 0 Å². The van der Waals surface area contributed by atoms with Crippen molar-refractivity contribution in [1.82, 2.24) is 40.4 Å². The molecule has 3 unspecified atom stereocenters. The largest absolute Gasteiger partial charge is 0.507 e. The predicted molar refractivity (Wildman–Crippen MR) is 247 cm³/mol. The number of ether oxygens (including phenoxy) is 1. The molecule has 2 aromatic carbocycles. The summed E-state index contributed by atoms with van der Waals surface area (Å²) >= 11 is 1.60. The van der Waals surface area contributed by atoms with Crippen LogP contribution < -0.4 is 20.3 Å². The summed E-state index contributed by atoms with van der Waals surface area (Å²) in [5, 5.41) is 41.3. The molecule has 0 spiro atoms. The second kappa shape index (κ2) is 18.0. The van der Waals surface area contributed by atoms with Crippen LogP contribution in [0.5, 0.6) is 11.6 Å². The Hall–Kier alpha value is -5.62. The number of hydrogen-bond donors (Lipinski definition) is 4. The van der Waals surface area contributed by atoms with Crippen molar-refractivity contribution in [3.63, 3.8) is 0 Å². The minimum absolute atomic E-state index is 0.135. The quantitative estimate of drug-likeness (QED) is 0.131. The van der Waals surface area contributed by atoms with E-state index in [9.17, 15) is 19.8 Å². The number of aliphatic hydroxyl groups is 1. The Morgan fingerprint density at radius 3 is 2.60 bits per heavy atom. The van der Waals surface area contributed by atoms with E-state index in [2.05, 4.69) is 45.7 Å². The van der Waals surface area contributed by atoms with Crippen LogP contribution in [-0.2, 0) is 9.59 Å². The van der Waals surface area contributed by atoms with E-state index in [1.807, 2.05) is 81.7 Å². The molecule has 65 heavy (non-hydrogen) atoms. The van der Waals surface area contributed by atoms with Gasteiger partial charge in [0.05, 0.1) is 51.7 Å². The molecular weight excluding hydrogens is 845 g/mol. The highest BCUT2D eigenvalue weighted by molar-refractivity contribution is 7.13. The van der Waals surface area contributed by atoms with Crippen molar-refractivity contribution < 1.29 is 29.1 Å². The van der Waals surface area contributed by atoms with Gasteiger partial charge in [-0.05, 0) is 93.5 Å². The first-order valence-electron chi connectivity index (χ1n) is 23.1. The van der Waals surface area contributed by atoms with Gasteiger partial charge in [-0.25, -0.2) is 4.98 Å². The van der Waals surface area contributed by atoms with Crippen LogP contribution in [0.15, 0.2) is 70.7 Å². The summed E-state index contributed by atoms with van der Waals surface area (Å²) in [5.74, 6) is 0.433. The molecule has 5 aliphatic rings. The van der Waals surface area contributed by atoms with E-state index in [1.54, 1.807) is 28.4 Å². The van der Waals surface area contributed by atoms with Crippen LogP contribution in [0.1, 0.15) is 75.4 Å². The number of thiazole rings is 1. The van der Waals surface area contributed by atoms with E-state index >= 15 is 0 Å². The fraction of sp³-hybridized carbons (Fsp3) is 0.500. The number of carbonyl (C=O) groups excluding carboxylic acids is 2. The van der Waals surface area contributed by atoms with Gasteiger partial charge < -0.3 is 39.9 Å². The van der Waals surface area contributed by atoms with Gasteiger partial charge in [-0.3, -0.25) is 19.4 Å². The van der Waals surface area contributed by atoms with Crippen molar-refractivity contribution in [3.05, 3.63) is 83.2 Å². The SMILES string of the molecule is Cc1ncsc1-c1ccc([C@H](C)NC(=O)[C@@H]2C[C@@H](O)C3CC(C)[C@H](c4cc(OC(C)CN5CCC(N6CCN7c8cc(-c9ccccc9O)nnc8NC[C@H]7C6)CC5)no4)C(=O)N32)cc1. The number of piperazine rings is 1. The lowest BCUT2D eigenvalue weighted by atomic mass is 9.80. The van der Waals surface area contributed by atoms with Gasteiger partial charge in [-0.15, -0.1) is 21.5 Å². The summed E-state index contributed by atoms with van der Waals surface area (Å²) in [6.07, 6.45) is 1.92. The van der Waals surface area contributed by atoms with Gasteiger partial charge in [0.1, 0.15) is 23.8 Å². The maximum Gasteiger partial charge on any atom is 0.254 e. The van der Waals surface area contributed by atoms with E-state index < -0.39 is 24.1 Å². The Morgan fingerprint density at radius 2 is 1.83 bits per heavy atom. The van der Waals surface area contributed by atoms with E-state index in [1.165, 1.54) is 0 Å². The number of aliphatic hydroxyl groups excluding tert-OH is 1. The van der Waals surface area contributed by atoms with Gasteiger partial charge in [0.25, 0.3) is 5.88 Å². The molecule has 3 aromatic heterocycles. The number of likely N-dealkylation sites (tertiary alicyclic amines) is 1. The minimum atomic E-state index is -0.797. The number of phenols is 1. The lowest BCUT2D eigenvalue weighted by molar-refractivity contribution is -0.147. The molecule has 4 fully saturated rings. The third kappa shape index (κ3) is 8.54. The van der Waals surface area contributed by atoms with Gasteiger partial charge in [0.15, 0.2) is 11.6 Å². The maximum atomic E-state index is 14.3. The lowest BCUT2D eigenvalue weighted by Gasteiger charge is -2.49. The fourth-order valence-corrected chi connectivity index (χ4v) is 11.8. The Morgan fingerprint density at radius 1 is 1.03 bits per heavy atom. The average Bonchev–Trinajstić information content (AvgIpc) is 4.05. The number of amides is 2. The van der Waals surface area contributed by atoms with Gasteiger partial charge >= 0.3 is 0 Å². The molecule has 5 aromatic rings. The molecule has 0 saturated carbocycles. The number of anilines is 2. The summed E-state index contributed by atoms with van der Waals surface area (Å²) in [4.78, 5) is 42.8. The number of phenolic OH excluding ortho intramolecular Hbond substituents is 1. The van der Waals surface area contributed by atoms with Crippen molar-refractivity contribution in [2.45, 2.75) is 102 Å². The number of nitrogens with zero attached hydrogens (tertiary/aromatic N) is 8. The van der Waals surface area contributed by atoms with Crippen LogP contribution in [0.25, 0.3) is 21.7 Å². The Kier molecular flexibility index (Phi) is 12.0. The summed E-state index contributed by atoms with van der Waals surface area (Å²) in [5.41, 5.74) is 7.23. The third-order valence-corrected chi connectivity index (χ3v) is 15.4. The average molecular weight is 903 g/mol. The van der Waals surface area contributed by atoms with Crippen molar-refractivity contribution in [2.75, 3.05) is 56.0 Å². The van der Waals surface area contributed by atoms with Crippen LogP contribution >= 0.6 is 11.3 Å². The summed E-state index contributed by atoms with van der Waals surface area (Å²) < 4.78 is 12.1. The van der Waals surface area contributed by atoms with Crippen LogP contribution in [0.3, 0.4) is 0 Å². The second-order valence-electron chi connectivity index (χ2n) is 18.7. The third-order valence-electron chi connectivity index (χ3n) is 14.4. The van der Waals surface area contributed by atoms with Gasteiger partial charge in [-0.2, -0.15) is 0 Å². The topological polar surface area (TPSA) is 186 Å². The maximum absolute atomic E-state index is 14.3. The van der Waals surface area contributed by atoms with Crippen LogP contribution in [-0.4, -0.2) is 139 Å². The number of fused-ring (bicyclic) bond motifs is 4. The molecule has 0 radical (unpaired) electrons. The molecule has 4 saturated heterocycles. The first kappa shape index (κ1) is 43.3. The smallest absolute Gasteiger partial charge is 0.254 e. The Balaban J connectivity index is 0.708. The monoisotopic (exact) mass is 902 g/mol. The molecule has 0 aliphatic carbocycles. The highest BCUT2D eigenvalue weighted by atomic mass is 32.1. The lowest BCUT2D eigenvalue weighted by Crippen LogP contribution is -2.61. The molecule has 5 aliphatic heterocycles. The number of aromatic hydroxyl groups is 1. The molecule has 8 heterocycles.